The van der Waals surface area contributed by atoms with Crippen molar-refractivity contribution >= 4 is 40.3 Å². The Balaban J connectivity index is 0.000000678. The predicted molar refractivity (Wildman–Crippen MR) is 133 cm³/mol. The zero-order valence-electron chi connectivity index (χ0n) is 19.7. The maximum absolute atomic E-state index is 11.0. The average Bonchev–Trinajstić information content (AvgIpc) is 3.50. The van der Waals surface area contributed by atoms with E-state index in [1.165, 1.54) is 18.3 Å². The Kier molecular flexibility index (Phi) is 10.9. The largest absolute Gasteiger partial charge is 0.493 e. The summed E-state index contributed by atoms with van der Waals surface area (Å²) < 4.78 is 11.5. The molecule has 3 rings (SSSR count). The van der Waals surface area contributed by atoms with Gasteiger partial charge in [-0.05, 0) is 24.6 Å². The van der Waals surface area contributed by atoms with Gasteiger partial charge in [-0.25, -0.2) is 14.6 Å². The number of carbonyl (C=O) groups excluding carboxylic acids is 1. The number of nitrogens with zero attached hydrogens (tertiary/aromatic N) is 2. The number of hydrogen-bond acceptors (Lipinski definition) is 8. The van der Waals surface area contributed by atoms with E-state index in [2.05, 4.69) is 27.5 Å². The lowest BCUT2D eigenvalue weighted by Crippen LogP contribution is -2.30. The van der Waals surface area contributed by atoms with Crippen molar-refractivity contribution in [1.82, 2.24) is 15.6 Å². The number of ether oxygens (including phenoxy) is 1. The summed E-state index contributed by atoms with van der Waals surface area (Å²) in [5, 5.41) is 22.9. The van der Waals surface area contributed by atoms with E-state index in [0.29, 0.717) is 42.0 Å². The van der Waals surface area contributed by atoms with Crippen LogP contribution in [0.2, 0.25) is 0 Å². The van der Waals surface area contributed by atoms with Crippen LogP contribution in [0.15, 0.2) is 51.2 Å². The number of aliphatic imine (C=N–C) groups is 1. The standard InChI is InChI=1S/C21H25N5O3S.C2H2O4/c1-3-10-28-18-7-5-4-6-15(18)11-24-20(22)26-21-25-17(13-30-21)19-9-8-16(29-19)12-23-14(2)27;3-1(4)2(5)6/h4-9,13H,3,10-12H2,1-2H3,(H,23,27)(H3,22,24,25,26);(H,3,4)(H,5,6). The van der Waals surface area contributed by atoms with Gasteiger partial charge in [0, 0.05) is 24.4 Å². The molecule has 0 spiro atoms. The number of carbonyl (C=O) groups is 3. The molecule has 0 aliphatic heterocycles. The monoisotopic (exact) mass is 517 g/mol. The van der Waals surface area contributed by atoms with Crippen LogP contribution in [0.25, 0.3) is 11.5 Å². The Hall–Kier alpha value is -4.39. The van der Waals surface area contributed by atoms with Gasteiger partial charge in [0.05, 0.1) is 13.2 Å². The molecule has 0 atom stereocenters. The zero-order chi connectivity index (χ0) is 26.5. The van der Waals surface area contributed by atoms with Crippen LogP contribution in [0.3, 0.4) is 0 Å². The molecule has 1 amide bonds. The van der Waals surface area contributed by atoms with Crippen molar-refractivity contribution in [2.75, 3.05) is 6.61 Å². The van der Waals surface area contributed by atoms with Gasteiger partial charge < -0.3 is 35.7 Å². The molecule has 12 nitrogen and oxygen atoms in total. The highest BCUT2D eigenvalue weighted by atomic mass is 32.1. The first-order chi connectivity index (χ1) is 17.2. The Labute approximate surface area is 210 Å². The summed E-state index contributed by atoms with van der Waals surface area (Å²) >= 11 is 1.36. The van der Waals surface area contributed by atoms with Crippen molar-refractivity contribution in [3.05, 3.63) is 53.1 Å². The second kappa shape index (κ2) is 14.1. The van der Waals surface area contributed by atoms with E-state index in [9.17, 15) is 4.79 Å². The number of carboxylic acids is 2. The minimum atomic E-state index is -1.82. The third-order valence-corrected chi connectivity index (χ3v) is 4.95. The molecule has 0 radical (unpaired) electrons. The van der Waals surface area contributed by atoms with Gasteiger partial charge in [-0.1, -0.05) is 25.1 Å². The predicted octanol–water partition coefficient (Wildman–Crippen LogP) is 2.72. The number of para-hydroxylation sites is 1. The van der Waals surface area contributed by atoms with Gasteiger partial charge in [0.25, 0.3) is 0 Å². The molecule has 3 aromatic rings. The van der Waals surface area contributed by atoms with Gasteiger partial charge >= 0.3 is 11.9 Å². The molecule has 13 heteroatoms. The highest BCUT2D eigenvalue weighted by Crippen LogP contribution is 2.28. The summed E-state index contributed by atoms with van der Waals surface area (Å²) in [5.74, 6) is -1.38. The first kappa shape index (κ1) is 27.9. The van der Waals surface area contributed by atoms with Crippen LogP contribution < -0.4 is 21.1 Å². The number of hydrogen-bond donors (Lipinski definition) is 5. The topological polar surface area (TPSA) is 189 Å². The van der Waals surface area contributed by atoms with Crippen molar-refractivity contribution < 1.29 is 33.8 Å². The van der Waals surface area contributed by atoms with Gasteiger partial charge in [-0.15, -0.1) is 11.3 Å². The van der Waals surface area contributed by atoms with Crippen molar-refractivity contribution in [1.29, 1.82) is 0 Å². The molecule has 0 aliphatic carbocycles. The third-order valence-electron chi connectivity index (χ3n) is 4.21. The molecule has 6 N–H and O–H groups in total. The molecule has 0 fully saturated rings. The van der Waals surface area contributed by atoms with Crippen LogP contribution in [-0.2, 0) is 27.5 Å². The fourth-order valence-corrected chi connectivity index (χ4v) is 3.27. The van der Waals surface area contributed by atoms with Crippen molar-refractivity contribution in [2.45, 2.75) is 33.4 Å². The van der Waals surface area contributed by atoms with Gasteiger partial charge in [0.1, 0.15) is 17.2 Å². The number of carboxylic acid groups (broad SMARTS) is 2. The van der Waals surface area contributed by atoms with E-state index in [1.807, 2.05) is 41.8 Å². The van der Waals surface area contributed by atoms with Gasteiger partial charge in [-0.2, -0.15) is 4.99 Å². The van der Waals surface area contributed by atoms with Crippen molar-refractivity contribution in [3.63, 3.8) is 0 Å². The summed E-state index contributed by atoms with van der Waals surface area (Å²) in [4.78, 5) is 38.0. The maximum atomic E-state index is 11.0. The maximum Gasteiger partial charge on any atom is 0.414 e. The molecule has 192 valence electrons. The molecule has 0 aliphatic rings. The SMILES string of the molecule is CCCOc1ccccc1CNC(N)=Nc1nc(-c2ccc(CNC(C)=O)o2)cs1.O=C(O)C(=O)O. The zero-order valence-corrected chi connectivity index (χ0v) is 20.5. The fraction of sp³-hybridized carbons (Fsp3) is 0.261. The summed E-state index contributed by atoms with van der Waals surface area (Å²) in [6.45, 7) is 5.04. The number of benzene rings is 1. The van der Waals surface area contributed by atoms with E-state index >= 15 is 0 Å². The molecule has 2 aromatic heterocycles. The quantitative estimate of drug-likeness (QED) is 0.160. The van der Waals surface area contributed by atoms with Crippen LogP contribution in [0, 0.1) is 0 Å². The highest BCUT2D eigenvalue weighted by Gasteiger charge is 2.10. The Morgan fingerprint density at radius 2 is 1.83 bits per heavy atom. The lowest BCUT2D eigenvalue weighted by atomic mass is 10.2. The van der Waals surface area contributed by atoms with E-state index < -0.39 is 11.9 Å². The summed E-state index contributed by atoms with van der Waals surface area (Å²) in [6.07, 6.45) is 0.947. The summed E-state index contributed by atoms with van der Waals surface area (Å²) in [7, 11) is 0. The van der Waals surface area contributed by atoms with E-state index in [-0.39, 0.29) is 11.9 Å². The number of furan rings is 1. The molecule has 0 saturated carbocycles. The number of rotatable bonds is 9. The number of thiazole rings is 1. The second-order valence-electron chi connectivity index (χ2n) is 7.11. The normalized spacial score (nSPS) is 10.7. The number of guanidine groups is 1. The molecule has 0 unspecified atom stereocenters. The molecule has 36 heavy (non-hydrogen) atoms. The van der Waals surface area contributed by atoms with Crippen LogP contribution in [0.4, 0.5) is 5.13 Å². The number of nitrogens with one attached hydrogen (secondary N) is 2. The molecule has 1 aromatic carbocycles. The van der Waals surface area contributed by atoms with Gasteiger partial charge in [0.2, 0.25) is 11.0 Å². The minimum Gasteiger partial charge on any atom is -0.493 e. The van der Waals surface area contributed by atoms with Crippen molar-refractivity contribution in [2.24, 2.45) is 10.7 Å². The average molecular weight is 518 g/mol. The first-order valence-electron chi connectivity index (χ1n) is 10.7. The molecule has 0 bridgehead atoms. The summed E-state index contributed by atoms with van der Waals surface area (Å²) in [5.41, 5.74) is 7.70. The molecule has 2 heterocycles. The number of aromatic nitrogens is 1. The summed E-state index contributed by atoms with van der Waals surface area (Å²) in [6, 6.07) is 11.5. The first-order valence-corrected chi connectivity index (χ1v) is 11.6. The lowest BCUT2D eigenvalue weighted by molar-refractivity contribution is -0.159. The second-order valence-corrected chi connectivity index (χ2v) is 7.94. The number of nitrogens with two attached hydrogens (primary N) is 1. The highest BCUT2D eigenvalue weighted by molar-refractivity contribution is 7.13. The van der Waals surface area contributed by atoms with Crippen LogP contribution >= 0.6 is 11.3 Å². The van der Waals surface area contributed by atoms with Crippen LogP contribution in [0.5, 0.6) is 5.75 Å². The Bertz CT molecular complexity index is 1190. The van der Waals surface area contributed by atoms with Crippen LogP contribution in [0.1, 0.15) is 31.6 Å². The van der Waals surface area contributed by atoms with Gasteiger partial charge in [0.15, 0.2) is 11.7 Å². The Morgan fingerprint density at radius 1 is 1.11 bits per heavy atom. The molecular weight excluding hydrogens is 490 g/mol. The number of amides is 1. The number of aliphatic carboxylic acids is 2. The molecule has 0 saturated heterocycles. The lowest BCUT2D eigenvalue weighted by Gasteiger charge is -2.11. The Morgan fingerprint density at radius 3 is 2.50 bits per heavy atom. The van der Waals surface area contributed by atoms with Gasteiger partial charge in [-0.3, -0.25) is 4.79 Å². The minimum absolute atomic E-state index is 0.110. The van der Waals surface area contributed by atoms with Crippen LogP contribution in [-0.4, -0.2) is 45.6 Å². The van der Waals surface area contributed by atoms with E-state index in [1.54, 1.807) is 0 Å². The van der Waals surface area contributed by atoms with E-state index in [4.69, 9.17) is 34.7 Å². The molecular formula is C23H27N5O7S. The van der Waals surface area contributed by atoms with E-state index in [0.717, 1.165) is 17.7 Å². The smallest absolute Gasteiger partial charge is 0.414 e. The third kappa shape index (κ3) is 9.46. The fourth-order valence-electron chi connectivity index (χ4n) is 2.58. The van der Waals surface area contributed by atoms with Crippen molar-refractivity contribution in [3.8, 4) is 17.2 Å².